The van der Waals surface area contributed by atoms with Crippen LogP contribution in [-0.4, -0.2) is 21.0 Å². The molecule has 0 aliphatic carbocycles. The lowest BCUT2D eigenvalue weighted by atomic mass is 9.93. The monoisotopic (exact) mass is 152 g/mol. The highest BCUT2D eigenvalue weighted by molar-refractivity contribution is 5.80. The van der Waals surface area contributed by atoms with Gasteiger partial charge in [0.2, 0.25) is 0 Å². The Bertz CT molecular complexity index is 251. The van der Waals surface area contributed by atoms with Gasteiger partial charge in [0.05, 0.1) is 0 Å². The van der Waals surface area contributed by atoms with E-state index < -0.39 is 11.4 Å². The van der Waals surface area contributed by atoms with Crippen molar-refractivity contribution < 1.29 is 9.90 Å². The van der Waals surface area contributed by atoms with E-state index in [1.807, 2.05) is 0 Å². The van der Waals surface area contributed by atoms with Gasteiger partial charge in [-0.2, -0.15) is 0 Å². The highest BCUT2D eigenvalue weighted by Crippen LogP contribution is 2.17. The van der Waals surface area contributed by atoms with Gasteiger partial charge in [-0.3, -0.25) is 4.79 Å². The second-order valence-electron chi connectivity index (χ2n) is 2.45. The van der Waals surface area contributed by atoms with E-state index in [-0.39, 0.29) is 5.82 Å². The average molecular weight is 152 g/mol. The highest BCUT2D eigenvalue weighted by Gasteiger charge is 2.32. The van der Waals surface area contributed by atoms with E-state index in [1.54, 1.807) is 0 Å². The minimum Gasteiger partial charge on any atom is -0.480 e. The van der Waals surface area contributed by atoms with Gasteiger partial charge >= 0.3 is 5.97 Å². The molecule has 0 bridgehead atoms. The standard InChI is InChI=1S/C7H8N2O2/c1-7(2,6(10)11)5-8-3-4-9-5/h1,3-4H,2H3,(H,8,9)(H,10,11). The number of carbonyl (C=O) groups is 1. The summed E-state index contributed by atoms with van der Waals surface area (Å²) in [6, 6.07) is 0. The predicted molar refractivity (Wildman–Crippen MR) is 37.9 cm³/mol. The van der Waals surface area contributed by atoms with Crippen molar-refractivity contribution in [2.24, 2.45) is 0 Å². The number of imidazole rings is 1. The highest BCUT2D eigenvalue weighted by atomic mass is 16.4. The third-order valence-corrected chi connectivity index (χ3v) is 1.43. The van der Waals surface area contributed by atoms with Crippen molar-refractivity contribution in [1.82, 2.24) is 9.97 Å². The molecule has 0 aliphatic rings. The van der Waals surface area contributed by atoms with Crippen LogP contribution in [0.1, 0.15) is 12.7 Å². The number of nitrogens with zero attached hydrogens (tertiary/aromatic N) is 1. The van der Waals surface area contributed by atoms with Gasteiger partial charge in [0.25, 0.3) is 0 Å². The predicted octanol–water partition coefficient (Wildman–Crippen LogP) is 0.463. The molecule has 1 rings (SSSR count). The lowest BCUT2D eigenvalue weighted by molar-refractivity contribution is -0.141. The molecule has 0 saturated carbocycles. The maximum Gasteiger partial charge on any atom is 0.317 e. The number of aromatic amines is 1. The molecule has 0 fully saturated rings. The number of hydrogen-bond acceptors (Lipinski definition) is 2. The Hall–Kier alpha value is -1.32. The minimum atomic E-state index is -1.43. The summed E-state index contributed by atoms with van der Waals surface area (Å²) >= 11 is 0. The van der Waals surface area contributed by atoms with Crippen molar-refractivity contribution in [1.29, 1.82) is 0 Å². The summed E-state index contributed by atoms with van der Waals surface area (Å²) in [6.07, 6.45) is 2.99. The maximum atomic E-state index is 10.5. The summed E-state index contributed by atoms with van der Waals surface area (Å²) < 4.78 is 0. The minimum absolute atomic E-state index is 0.255. The van der Waals surface area contributed by atoms with Gasteiger partial charge in [-0.15, -0.1) is 0 Å². The van der Waals surface area contributed by atoms with Crippen molar-refractivity contribution in [2.45, 2.75) is 12.3 Å². The first-order valence-electron chi connectivity index (χ1n) is 3.07. The lowest BCUT2D eigenvalue weighted by Gasteiger charge is -2.14. The molecule has 2 radical (unpaired) electrons. The van der Waals surface area contributed by atoms with Crippen LogP contribution in [0.5, 0.6) is 0 Å². The second-order valence-corrected chi connectivity index (χ2v) is 2.45. The Morgan fingerprint density at radius 1 is 1.91 bits per heavy atom. The Morgan fingerprint density at radius 3 is 2.91 bits per heavy atom. The SMILES string of the molecule is [CH]C(C)(C(=O)O)c1ncc[nH]1. The van der Waals surface area contributed by atoms with E-state index in [0.29, 0.717) is 0 Å². The molecule has 0 saturated heterocycles. The Labute approximate surface area is 64.3 Å². The van der Waals surface area contributed by atoms with Crippen LogP contribution >= 0.6 is 0 Å². The summed E-state index contributed by atoms with van der Waals surface area (Å²) in [4.78, 5) is 16.9. The quantitative estimate of drug-likeness (QED) is 0.647. The smallest absolute Gasteiger partial charge is 0.317 e. The van der Waals surface area contributed by atoms with Gasteiger partial charge in [0.15, 0.2) is 0 Å². The topological polar surface area (TPSA) is 66.0 Å². The van der Waals surface area contributed by atoms with Gasteiger partial charge < -0.3 is 10.1 Å². The molecule has 1 aromatic rings. The maximum absolute atomic E-state index is 10.5. The fourth-order valence-electron chi connectivity index (χ4n) is 0.651. The Balaban J connectivity index is 3.00. The van der Waals surface area contributed by atoms with Crippen molar-refractivity contribution in [3.63, 3.8) is 0 Å². The largest absolute Gasteiger partial charge is 0.480 e. The number of hydrogen-bond donors (Lipinski definition) is 2. The molecule has 4 nitrogen and oxygen atoms in total. The number of rotatable bonds is 2. The Morgan fingerprint density at radius 2 is 2.55 bits per heavy atom. The van der Waals surface area contributed by atoms with Crippen LogP contribution in [0.15, 0.2) is 12.4 Å². The molecule has 58 valence electrons. The average Bonchev–Trinajstić information content (AvgIpc) is 2.37. The molecular formula is C7H8N2O2. The number of carboxylic acid groups (broad SMARTS) is 1. The fraction of sp³-hybridized carbons (Fsp3) is 0.286. The Kier molecular flexibility index (Phi) is 1.68. The van der Waals surface area contributed by atoms with Gasteiger partial charge in [-0.1, -0.05) is 0 Å². The first-order chi connectivity index (χ1) is 5.05. The van der Waals surface area contributed by atoms with Crippen LogP contribution in [0.4, 0.5) is 0 Å². The van der Waals surface area contributed by atoms with E-state index in [4.69, 9.17) is 12.0 Å². The molecule has 1 aromatic heterocycles. The van der Waals surface area contributed by atoms with Crippen LogP contribution in [0.25, 0.3) is 0 Å². The molecular weight excluding hydrogens is 144 g/mol. The molecule has 4 heteroatoms. The van der Waals surface area contributed by atoms with E-state index in [9.17, 15) is 4.79 Å². The molecule has 0 spiro atoms. The van der Waals surface area contributed by atoms with Gasteiger partial charge in [0, 0.05) is 12.4 Å². The molecule has 11 heavy (non-hydrogen) atoms. The molecule has 1 unspecified atom stereocenters. The molecule has 0 aromatic carbocycles. The summed E-state index contributed by atoms with van der Waals surface area (Å²) in [5.74, 6) is -0.850. The summed E-state index contributed by atoms with van der Waals surface area (Å²) in [7, 11) is 0. The van der Waals surface area contributed by atoms with E-state index in [0.717, 1.165) is 0 Å². The summed E-state index contributed by atoms with van der Waals surface area (Å²) in [6.45, 7) is 6.82. The van der Waals surface area contributed by atoms with Crippen molar-refractivity contribution in [2.75, 3.05) is 0 Å². The first kappa shape index (κ1) is 7.78. The normalized spacial score (nSPS) is 11.5. The van der Waals surface area contributed by atoms with E-state index in [2.05, 4.69) is 9.97 Å². The van der Waals surface area contributed by atoms with E-state index >= 15 is 0 Å². The van der Waals surface area contributed by atoms with Gasteiger partial charge in [0.1, 0.15) is 11.2 Å². The van der Waals surface area contributed by atoms with Crippen LogP contribution in [0.2, 0.25) is 0 Å². The zero-order valence-corrected chi connectivity index (χ0v) is 6.03. The molecule has 0 aliphatic heterocycles. The zero-order chi connectivity index (χ0) is 8.48. The number of aromatic nitrogens is 2. The summed E-state index contributed by atoms with van der Waals surface area (Å²) in [5, 5.41) is 8.63. The van der Waals surface area contributed by atoms with Gasteiger partial charge in [-0.25, -0.2) is 4.98 Å². The third kappa shape index (κ3) is 1.24. The van der Waals surface area contributed by atoms with Crippen LogP contribution < -0.4 is 0 Å². The number of nitrogens with one attached hydrogen (secondary N) is 1. The zero-order valence-electron chi connectivity index (χ0n) is 6.03. The third-order valence-electron chi connectivity index (χ3n) is 1.43. The lowest BCUT2D eigenvalue weighted by Crippen LogP contribution is -2.30. The molecule has 0 amide bonds. The molecule has 1 heterocycles. The van der Waals surface area contributed by atoms with Crippen molar-refractivity contribution in [3.8, 4) is 0 Å². The molecule has 1 atom stereocenters. The first-order valence-corrected chi connectivity index (χ1v) is 3.07. The number of aliphatic carboxylic acids is 1. The number of carboxylic acids is 1. The van der Waals surface area contributed by atoms with E-state index in [1.165, 1.54) is 19.3 Å². The van der Waals surface area contributed by atoms with Crippen LogP contribution in [0.3, 0.4) is 0 Å². The van der Waals surface area contributed by atoms with Crippen LogP contribution in [0, 0.1) is 6.92 Å². The molecule has 2 N–H and O–H groups in total. The van der Waals surface area contributed by atoms with Crippen LogP contribution in [-0.2, 0) is 10.2 Å². The van der Waals surface area contributed by atoms with Crippen molar-refractivity contribution in [3.05, 3.63) is 25.1 Å². The van der Waals surface area contributed by atoms with Crippen molar-refractivity contribution >= 4 is 5.97 Å². The number of H-pyrrole nitrogens is 1. The summed E-state index contributed by atoms with van der Waals surface area (Å²) in [5.41, 5.74) is -1.43. The van der Waals surface area contributed by atoms with Gasteiger partial charge in [-0.05, 0) is 13.8 Å². The second kappa shape index (κ2) is 2.38. The fourth-order valence-corrected chi connectivity index (χ4v) is 0.651.